The third-order valence-corrected chi connectivity index (χ3v) is 4.75. The van der Waals surface area contributed by atoms with Gasteiger partial charge in [0.15, 0.2) is 0 Å². The molecule has 0 aromatic carbocycles. The molecule has 0 aliphatic heterocycles. The lowest BCUT2D eigenvalue weighted by Gasteiger charge is -2.38. The lowest BCUT2D eigenvalue weighted by molar-refractivity contribution is 0.0934. The van der Waals surface area contributed by atoms with Crippen LogP contribution in [-0.4, -0.2) is 18.0 Å². The zero-order chi connectivity index (χ0) is 11.8. The second-order valence-corrected chi connectivity index (χ2v) is 5.72. The minimum absolute atomic E-state index is 0.111. The molecular formula is C11H15ClN2OS. The highest BCUT2D eigenvalue weighted by Gasteiger charge is 2.32. The van der Waals surface area contributed by atoms with Crippen LogP contribution in [0.3, 0.4) is 0 Å². The second-order valence-electron chi connectivity index (χ2n) is 4.46. The van der Waals surface area contributed by atoms with Gasteiger partial charge in [-0.2, -0.15) is 0 Å². The van der Waals surface area contributed by atoms with Crippen molar-refractivity contribution in [2.75, 3.05) is 6.54 Å². The van der Waals surface area contributed by atoms with E-state index in [1.807, 2.05) is 12.3 Å². The Balaban J connectivity index is 1.95. The number of thiophene rings is 1. The van der Waals surface area contributed by atoms with Gasteiger partial charge >= 0.3 is 0 Å². The minimum Gasteiger partial charge on any atom is -0.349 e. The van der Waals surface area contributed by atoms with Gasteiger partial charge in [0.1, 0.15) is 4.88 Å². The molecule has 1 heterocycles. The van der Waals surface area contributed by atoms with Gasteiger partial charge in [-0.25, -0.2) is 0 Å². The standard InChI is InChI=1S/C11H15ClN2OS/c1-7-5-16-9(8(7)12)10(15)14-6-11(13)3-2-4-11/h5H,2-4,6,13H2,1H3,(H,14,15). The van der Waals surface area contributed by atoms with Crippen molar-refractivity contribution in [1.82, 2.24) is 5.32 Å². The molecule has 0 bridgehead atoms. The smallest absolute Gasteiger partial charge is 0.262 e. The van der Waals surface area contributed by atoms with Gasteiger partial charge in [0.25, 0.3) is 5.91 Å². The van der Waals surface area contributed by atoms with E-state index in [4.69, 9.17) is 17.3 Å². The van der Waals surface area contributed by atoms with Crippen LogP contribution < -0.4 is 11.1 Å². The van der Waals surface area contributed by atoms with Crippen LogP contribution in [0.2, 0.25) is 5.02 Å². The van der Waals surface area contributed by atoms with E-state index in [-0.39, 0.29) is 11.4 Å². The summed E-state index contributed by atoms with van der Waals surface area (Å²) in [6.45, 7) is 2.44. The van der Waals surface area contributed by atoms with Crippen molar-refractivity contribution in [3.05, 3.63) is 20.8 Å². The summed E-state index contributed by atoms with van der Waals surface area (Å²) in [6, 6.07) is 0. The predicted octanol–water partition coefficient (Wildman–Crippen LogP) is 2.32. The summed E-state index contributed by atoms with van der Waals surface area (Å²) in [5, 5.41) is 5.30. The molecule has 1 saturated carbocycles. The van der Waals surface area contributed by atoms with Crippen molar-refractivity contribution in [2.24, 2.45) is 5.73 Å². The largest absolute Gasteiger partial charge is 0.349 e. The zero-order valence-electron chi connectivity index (χ0n) is 9.18. The Hall–Kier alpha value is -0.580. The van der Waals surface area contributed by atoms with E-state index in [0.717, 1.165) is 24.8 Å². The molecule has 0 spiro atoms. The molecule has 3 nitrogen and oxygen atoms in total. The first-order valence-electron chi connectivity index (χ1n) is 5.32. The van der Waals surface area contributed by atoms with Crippen LogP contribution in [0.4, 0.5) is 0 Å². The Bertz CT molecular complexity index is 412. The topological polar surface area (TPSA) is 55.1 Å². The fourth-order valence-electron chi connectivity index (χ4n) is 1.73. The van der Waals surface area contributed by atoms with Gasteiger partial charge in [0.05, 0.1) is 5.02 Å². The van der Waals surface area contributed by atoms with Crippen LogP contribution >= 0.6 is 22.9 Å². The van der Waals surface area contributed by atoms with Gasteiger partial charge in [-0.3, -0.25) is 4.79 Å². The predicted molar refractivity (Wildman–Crippen MR) is 67.2 cm³/mol. The molecule has 88 valence electrons. The molecule has 1 aromatic rings. The first-order chi connectivity index (χ1) is 7.52. The molecule has 1 fully saturated rings. The fourth-order valence-corrected chi connectivity index (χ4v) is 2.92. The molecule has 5 heteroatoms. The number of carbonyl (C=O) groups is 1. The lowest BCUT2D eigenvalue weighted by Crippen LogP contribution is -2.54. The van der Waals surface area contributed by atoms with Crippen LogP contribution in [0.25, 0.3) is 0 Å². The SMILES string of the molecule is Cc1csc(C(=O)NCC2(N)CCC2)c1Cl. The lowest BCUT2D eigenvalue weighted by atomic mass is 9.78. The van der Waals surface area contributed by atoms with Crippen molar-refractivity contribution in [3.8, 4) is 0 Å². The summed E-state index contributed by atoms with van der Waals surface area (Å²) in [5.41, 5.74) is 6.79. The molecular weight excluding hydrogens is 244 g/mol. The summed E-state index contributed by atoms with van der Waals surface area (Å²) in [7, 11) is 0. The molecule has 1 aromatic heterocycles. The number of rotatable bonds is 3. The number of nitrogens with one attached hydrogen (secondary N) is 1. The van der Waals surface area contributed by atoms with E-state index in [0.29, 0.717) is 16.4 Å². The number of nitrogens with two attached hydrogens (primary N) is 1. The van der Waals surface area contributed by atoms with Gasteiger partial charge < -0.3 is 11.1 Å². The van der Waals surface area contributed by atoms with Gasteiger partial charge in [0.2, 0.25) is 0 Å². The number of halogens is 1. The second kappa shape index (κ2) is 4.35. The average Bonchev–Trinajstić information content (AvgIpc) is 2.54. The Kier molecular flexibility index (Phi) is 3.24. The average molecular weight is 259 g/mol. The Morgan fingerprint density at radius 1 is 1.69 bits per heavy atom. The molecule has 0 atom stereocenters. The summed E-state index contributed by atoms with van der Waals surface area (Å²) >= 11 is 7.40. The third-order valence-electron chi connectivity index (χ3n) is 3.06. The highest BCUT2D eigenvalue weighted by molar-refractivity contribution is 7.13. The van der Waals surface area contributed by atoms with Gasteiger partial charge in [-0.1, -0.05) is 11.6 Å². The first kappa shape index (κ1) is 11.9. The van der Waals surface area contributed by atoms with Gasteiger partial charge in [0, 0.05) is 12.1 Å². The van der Waals surface area contributed by atoms with E-state index >= 15 is 0 Å². The van der Waals surface area contributed by atoms with Crippen LogP contribution in [0.5, 0.6) is 0 Å². The quantitative estimate of drug-likeness (QED) is 0.874. The number of aryl methyl sites for hydroxylation is 1. The van der Waals surface area contributed by atoms with E-state index in [2.05, 4.69) is 5.32 Å². The zero-order valence-corrected chi connectivity index (χ0v) is 10.8. The molecule has 16 heavy (non-hydrogen) atoms. The van der Waals surface area contributed by atoms with Gasteiger partial charge in [-0.15, -0.1) is 11.3 Å². The number of hydrogen-bond acceptors (Lipinski definition) is 3. The number of hydrogen-bond donors (Lipinski definition) is 2. The summed E-state index contributed by atoms with van der Waals surface area (Å²) < 4.78 is 0. The van der Waals surface area contributed by atoms with Crippen LogP contribution in [0.1, 0.15) is 34.5 Å². The highest BCUT2D eigenvalue weighted by atomic mass is 35.5. The highest BCUT2D eigenvalue weighted by Crippen LogP contribution is 2.29. The summed E-state index contributed by atoms with van der Waals surface area (Å²) in [6.07, 6.45) is 3.14. The van der Waals surface area contributed by atoms with Crippen molar-refractivity contribution in [1.29, 1.82) is 0 Å². The molecule has 0 unspecified atom stereocenters. The fraction of sp³-hybridized carbons (Fsp3) is 0.545. The monoisotopic (exact) mass is 258 g/mol. The van der Waals surface area contributed by atoms with E-state index in [1.165, 1.54) is 11.3 Å². The molecule has 0 saturated heterocycles. The Labute approximate surface area is 104 Å². The van der Waals surface area contributed by atoms with Crippen LogP contribution in [0.15, 0.2) is 5.38 Å². The van der Waals surface area contributed by atoms with Crippen molar-refractivity contribution >= 4 is 28.8 Å². The van der Waals surface area contributed by atoms with Crippen LogP contribution in [-0.2, 0) is 0 Å². The Morgan fingerprint density at radius 2 is 2.38 bits per heavy atom. The maximum atomic E-state index is 11.8. The maximum absolute atomic E-state index is 11.8. The van der Waals surface area contributed by atoms with Crippen LogP contribution in [0, 0.1) is 6.92 Å². The molecule has 1 aliphatic rings. The summed E-state index contributed by atoms with van der Waals surface area (Å²) in [4.78, 5) is 12.4. The van der Waals surface area contributed by atoms with E-state index in [1.54, 1.807) is 0 Å². The maximum Gasteiger partial charge on any atom is 0.262 e. The van der Waals surface area contributed by atoms with E-state index < -0.39 is 0 Å². The molecule has 0 radical (unpaired) electrons. The molecule has 1 aliphatic carbocycles. The minimum atomic E-state index is -0.186. The van der Waals surface area contributed by atoms with E-state index in [9.17, 15) is 4.79 Å². The first-order valence-corrected chi connectivity index (χ1v) is 6.58. The molecule has 1 amide bonds. The van der Waals surface area contributed by atoms with Crippen molar-refractivity contribution < 1.29 is 4.79 Å². The number of amides is 1. The molecule has 3 N–H and O–H groups in total. The number of carbonyl (C=O) groups excluding carboxylic acids is 1. The van der Waals surface area contributed by atoms with Crippen molar-refractivity contribution in [3.63, 3.8) is 0 Å². The Morgan fingerprint density at radius 3 is 2.81 bits per heavy atom. The normalized spacial score (nSPS) is 17.9. The summed E-state index contributed by atoms with van der Waals surface area (Å²) in [5.74, 6) is -0.111. The van der Waals surface area contributed by atoms with Crippen molar-refractivity contribution in [2.45, 2.75) is 31.7 Å². The third kappa shape index (κ3) is 2.24. The van der Waals surface area contributed by atoms with Gasteiger partial charge in [-0.05, 0) is 37.1 Å². The molecule has 2 rings (SSSR count).